The monoisotopic (exact) mass is 220 g/mol. The van der Waals surface area contributed by atoms with Crippen molar-refractivity contribution in [1.29, 1.82) is 0 Å². The van der Waals surface area contributed by atoms with Crippen molar-refractivity contribution >= 4 is 17.2 Å². The summed E-state index contributed by atoms with van der Waals surface area (Å²) in [6.45, 7) is 0. The lowest BCUT2D eigenvalue weighted by molar-refractivity contribution is 0.389. The zero-order valence-electron chi connectivity index (χ0n) is 7.75. The smallest absolute Gasteiger partial charge is 0.233 e. The van der Waals surface area contributed by atoms with E-state index in [0.29, 0.717) is 23.1 Å². The molecule has 0 spiro atoms. The highest BCUT2D eigenvalue weighted by Crippen LogP contribution is 2.13. The maximum absolute atomic E-state index is 5.37. The van der Waals surface area contributed by atoms with Gasteiger partial charge < -0.3 is 10.3 Å². The van der Waals surface area contributed by atoms with Crippen molar-refractivity contribution in [3.8, 4) is 11.4 Å². The van der Waals surface area contributed by atoms with Gasteiger partial charge in [0.1, 0.15) is 0 Å². The van der Waals surface area contributed by atoms with E-state index in [0.717, 1.165) is 5.56 Å². The van der Waals surface area contributed by atoms with E-state index in [1.54, 1.807) is 24.5 Å². The van der Waals surface area contributed by atoms with Gasteiger partial charge in [-0.2, -0.15) is 4.98 Å². The molecule has 0 fully saturated rings. The molecular weight excluding hydrogens is 212 g/mol. The molecule has 2 aromatic heterocycles. The van der Waals surface area contributed by atoms with Crippen LogP contribution in [0.15, 0.2) is 29.0 Å². The molecule has 76 valence electrons. The summed E-state index contributed by atoms with van der Waals surface area (Å²) in [7, 11) is 0. The molecule has 0 aliphatic rings. The number of rotatable bonds is 3. The summed E-state index contributed by atoms with van der Waals surface area (Å²) in [5, 5.41) is 3.81. The quantitative estimate of drug-likeness (QED) is 0.776. The minimum Gasteiger partial charge on any atom is -0.393 e. The number of thiocarbonyl (C=S) groups is 1. The largest absolute Gasteiger partial charge is 0.393 e. The standard InChI is InChI=1S/C9H8N4OS/c10-7(15)5-8-12-9(13-14-8)6-1-3-11-4-2-6/h1-4H,5H2,(H2,10,15). The van der Waals surface area contributed by atoms with Crippen LogP contribution in [-0.2, 0) is 6.42 Å². The van der Waals surface area contributed by atoms with Crippen LogP contribution in [0.4, 0.5) is 0 Å². The van der Waals surface area contributed by atoms with Crippen molar-refractivity contribution in [1.82, 2.24) is 15.1 Å². The highest BCUT2D eigenvalue weighted by Gasteiger charge is 2.08. The van der Waals surface area contributed by atoms with Crippen LogP contribution in [0.25, 0.3) is 11.4 Å². The van der Waals surface area contributed by atoms with Crippen molar-refractivity contribution in [3.05, 3.63) is 30.4 Å². The molecule has 0 saturated heterocycles. The van der Waals surface area contributed by atoms with Crippen LogP contribution in [0.2, 0.25) is 0 Å². The topological polar surface area (TPSA) is 77.8 Å². The van der Waals surface area contributed by atoms with Crippen molar-refractivity contribution in [3.63, 3.8) is 0 Å². The SMILES string of the molecule is NC(=S)Cc1nc(-c2ccncc2)no1. The fraction of sp³-hybridized carbons (Fsp3) is 0.111. The third kappa shape index (κ3) is 2.35. The summed E-state index contributed by atoms with van der Waals surface area (Å²) >= 11 is 4.74. The molecule has 0 aromatic carbocycles. The summed E-state index contributed by atoms with van der Waals surface area (Å²) in [5.74, 6) is 0.943. The van der Waals surface area contributed by atoms with Gasteiger partial charge in [-0.05, 0) is 12.1 Å². The number of nitrogens with zero attached hydrogens (tertiary/aromatic N) is 3. The maximum Gasteiger partial charge on any atom is 0.233 e. The molecule has 15 heavy (non-hydrogen) atoms. The van der Waals surface area contributed by atoms with Crippen LogP contribution in [0.1, 0.15) is 5.89 Å². The van der Waals surface area contributed by atoms with Gasteiger partial charge in [0.2, 0.25) is 11.7 Å². The van der Waals surface area contributed by atoms with Crippen molar-refractivity contribution in [2.75, 3.05) is 0 Å². The Kier molecular flexibility index (Phi) is 2.68. The fourth-order valence-corrected chi connectivity index (χ4v) is 1.22. The number of hydrogen-bond acceptors (Lipinski definition) is 5. The van der Waals surface area contributed by atoms with E-state index in [4.69, 9.17) is 22.5 Å². The summed E-state index contributed by atoms with van der Waals surface area (Å²) in [4.78, 5) is 8.38. The third-order valence-corrected chi connectivity index (χ3v) is 1.88. The Balaban J connectivity index is 2.24. The Morgan fingerprint density at radius 2 is 2.13 bits per heavy atom. The van der Waals surface area contributed by atoms with E-state index < -0.39 is 0 Å². The van der Waals surface area contributed by atoms with Crippen molar-refractivity contribution in [2.24, 2.45) is 5.73 Å². The molecule has 0 radical (unpaired) electrons. The number of hydrogen-bond donors (Lipinski definition) is 1. The molecule has 2 aromatic rings. The van der Waals surface area contributed by atoms with Gasteiger partial charge in [0.15, 0.2) is 0 Å². The first-order chi connectivity index (χ1) is 7.25. The zero-order valence-corrected chi connectivity index (χ0v) is 8.57. The van der Waals surface area contributed by atoms with Crippen LogP contribution in [0.3, 0.4) is 0 Å². The molecule has 2 rings (SSSR count). The van der Waals surface area contributed by atoms with E-state index in [1.807, 2.05) is 0 Å². The second-order valence-corrected chi connectivity index (χ2v) is 3.42. The van der Waals surface area contributed by atoms with Crippen LogP contribution >= 0.6 is 12.2 Å². The van der Waals surface area contributed by atoms with Gasteiger partial charge in [-0.3, -0.25) is 4.98 Å². The number of nitrogens with two attached hydrogens (primary N) is 1. The molecule has 0 atom stereocenters. The third-order valence-electron chi connectivity index (χ3n) is 1.73. The van der Waals surface area contributed by atoms with Gasteiger partial charge in [0, 0.05) is 18.0 Å². The molecule has 0 saturated carbocycles. The van der Waals surface area contributed by atoms with Gasteiger partial charge in [-0.15, -0.1) is 0 Å². The van der Waals surface area contributed by atoms with E-state index in [1.165, 1.54) is 0 Å². The van der Waals surface area contributed by atoms with E-state index >= 15 is 0 Å². The Labute approximate surface area is 91.3 Å². The van der Waals surface area contributed by atoms with Gasteiger partial charge in [-0.25, -0.2) is 0 Å². The van der Waals surface area contributed by atoms with Crippen LogP contribution < -0.4 is 5.73 Å². The summed E-state index contributed by atoms with van der Waals surface area (Å²) in [6, 6.07) is 3.60. The van der Waals surface area contributed by atoms with Gasteiger partial charge in [0.25, 0.3) is 0 Å². The second kappa shape index (κ2) is 4.14. The Morgan fingerprint density at radius 1 is 1.40 bits per heavy atom. The minimum absolute atomic E-state index is 0.327. The predicted octanol–water partition coefficient (Wildman–Crippen LogP) is 0.960. The van der Waals surface area contributed by atoms with E-state index in [9.17, 15) is 0 Å². The zero-order chi connectivity index (χ0) is 10.7. The lowest BCUT2D eigenvalue weighted by atomic mass is 10.2. The molecule has 2 N–H and O–H groups in total. The molecule has 5 nitrogen and oxygen atoms in total. The normalized spacial score (nSPS) is 10.1. The van der Waals surface area contributed by atoms with Crippen LogP contribution in [-0.4, -0.2) is 20.1 Å². The molecule has 0 bridgehead atoms. The van der Waals surface area contributed by atoms with Gasteiger partial charge in [-0.1, -0.05) is 17.4 Å². The summed E-state index contributed by atoms with van der Waals surface area (Å²) < 4.78 is 4.98. The first-order valence-electron chi connectivity index (χ1n) is 4.27. The average molecular weight is 220 g/mol. The molecule has 0 aliphatic carbocycles. The first-order valence-corrected chi connectivity index (χ1v) is 4.68. The molecular formula is C9H8N4OS. The molecule has 6 heteroatoms. The second-order valence-electron chi connectivity index (χ2n) is 2.89. The molecule has 0 amide bonds. The highest BCUT2D eigenvalue weighted by atomic mass is 32.1. The molecule has 0 unspecified atom stereocenters. The average Bonchev–Trinajstić information content (AvgIpc) is 2.67. The predicted molar refractivity (Wildman–Crippen MR) is 58.0 cm³/mol. The molecule has 2 heterocycles. The van der Waals surface area contributed by atoms with Crippen LogP contribution in [0, 0.1) is 0 Å². The van der Waals surface area contributed by atoms with Crippen LogP contribution in [0.5, 0.6) is 0 Å². The fourth-order valence-electron chi connectivity index (χ4n) is 1.09. The lowest BCUT2D eigenvalue weighted by Gasteiger charge is -1.90. The summed E-state index contributed by atoms with van der Waals surface area (Å²) in [5.41, 5.74) is 6.22. The van der Waals surface area contributed by atoms with Crippen molar-refractivity contribution < 1.29 is 4.52 Å². The molecule has 0 aliphatic heterocycles. The van der Waals surface area contributed by atoms with E-state index in [-0.39, 0.29) is 0 Å². The Hall–Kier alpha value is -1.82. The van der Waals surface area contributed by atoms with Gasteiger partial charge in [0.05, 0.1) is 11.4 Å². The number of pyridine rings is 1. The first kappa shape index (κ1) is 9.72. The lowest BCUT2D eigenvalue weighted by Crippen LogP contribution is -2.11. The Morgan fingerprint density at radius 3 is 2.80 bits per heavy atom. The summed E-state index contributed by atoms with van der Waals surface area (Å²) in [6.07, 6.45) is 3.66. The maximum atomic E-state index is 5.37. The van der Waals surface area contributed by atoms with E-state index in [2.05, 4.69) is 15.1 Å². The van der Waals surface area contributed by atoms with Gasteiger partial charge >= 0.3 is 0 Å². The number of aromatic nitrogens is 3. The minimum atomic E-state index is 0.327. The van der Waals surface area contributed by atoms with Crippen molar-refractivity contribution in [2.45, 2.75) is 6.42 Å². The highest BCUT2D eigenvalue weighted by molar-refractivity contribution is 7.80. The Bertz CT molecular complexity index is 468.